The van der Waals surface area contributed by atoms with Crippen molar-refractivity contribution < 1.29 is 22.0 Å². The molecule has 0 aromatic heterocycles. The van der Waals surface area contributed by atoms with Gasteiger partial charge in [-0.05, 0) is 37.7 Å². The number of hydrogen-bond acceptors (Lipinski definition) is 2. The molecule has 0 fully saturated rings. The molecule has 1 N–H and O–H groups in total. The maximum atomic E-state index is 13.2. The van der Waals surface area contributed by atoms with Crippen molar-refractivity contribution in [3.63, 3.8) is 0 Å². The van der Waals surface area contributed by atoms with Crippen LogP contribution in [0, 0.1) is 11.6 Å². The molecule has 0 spiro atoms. The van der Waals surface area contributed by atoms with Crippen LogP contribution in [0.25, 0.3) is 0 Å². The van der Waals surface area contributed by atoms with Crippen LogP contribution in [0.5, 0.6) is 0 Å². The van der Waals surface area contributed by atoms with E-state index in [1.54, 1.807) is 14.0 Å². The quantitative estimate of drug-likeness (QED) is 0.776. The predicted octanol–water partition coefficient (Wildman–Crippen LogP) is 3.50. The number of alkyl halides is 3. The molecule has 0 radical (unpaired) electrons. The summed E-state index contributed by atoms with van der Waals surface area (Å²) in [5.41, 5.74) is 0.387. The summed E-state index contributed by atoms with van der Waals surface area (Å²) in [6.07, 6.45) is -3.93. The SMILES string of the molecule is CCN(CCC(NC)c1cc(F)cc(F)c1)CC(F)(F)F. The van der Waals surface area contributed by atoms with Gasteiger partial charge in [-0.3, -0.25) is 4.90 Å². The van der Waals surface area contributed by atoms with Gasteiger partial charge in [0.15, 0.2) is 0 Å². The molecule has 2 nitrogen and oxygen atoms in total. The van der Waals surface area contributed by atoms with E-state index in [1.165, 1.54) is 17.0 Å². The summed E-state index contributed by atoms with van der Waals surface area (Å²) in [6, 6.07) is 2.73. The Balaban J connectivity index is 2.69. The van der Waals surface area contributed by atoms with E-state index in [-0.39, 0.29) is 13.1 Å². The Morgan fingerprint density at radius 2 is 1.71 bits per heavy atom. The van der Waals surface area contributed by atoms with Crippen LogP contribution in [0.3, 0.4) is 0 Å². The van der Waals surface area contributed by atoms with Gasteiger partial charge in [0.25, 0.3) is 0 Å². The van der Waals surface area contributed by atoms with Gasteiger partial charge < -0.3 is 5.32 Å². The Kier molecular flexibility index (Phi) is 6.54. The normalized spacial score (nSPS) is 13.7. The molecule has 1 unspecified atom stereocenters. The van der Waals surface area contributed by atoms with Crippen molar-refractivity contribution in [1.29, 1.82) is 0 Å². The van der Waals surface area contributed by atoms with Crippen molar-refractivity contribution in [3.8, 4) is 0 Å². The third-order valence-corrected chi connectivity index (χ3v) is 3.22. The average Bonchev–Trinajstić information content (AvgIpc) is 2.35. The summed E-state index contributed by atoms with van der Waals surface area (Å²) in [6.45, 7) is 1.09. The summed E-state index contributed by atoms with van der Waals surface area (Å²) < 4.78 is 63.5. The highest BCUT2D eigenvalue weighted by Gasteiger charge is 2.30. The molecule has 0 aliphatic carbocycles. The number of benzene rings is 1. The van der Waals surface area contributed by atoms with E-state index in [0.29, 0.717) is 12.0 Å². The third kappa shape index (κ3) is 6.39. The molecule has 0 heterocycles. The zero-order valence-electron chi connectivity index (χ0n) is 12.0. The molecule has 21 heavy (non-hydrogen) atoms. The molecule has 1 aromatic rings. The molecule has 1 aromatic carbocycles. The fourth-order valence-corrected chi connectivity index (χ4v) is 2.17. The summed E-state index contributed by atoms with van der Waals surface area (Å²) in [7, 11) is 1.60. The number of hydrogen-bond donors (Lipinski definition) is 1. The molecule has 1 atom stereocenters. The fourth-order valence-electron chi connectivity index (χ4n) is 2.17. The smallest absolute Gasteiger partial charge is 0.313 e. The lowest BCUT2D eigenvalue weighted by molar-refractivity contribution is -0.145. The van der Waals surface area contributed by atoms with Crippen LogP contribution in [0.1, 0.15) is 24.9 Å². The Labute approximate surface area is 120 Å². The van der Waals surface area contributed by atoms with E-state index in [2.05, 4.69) is 5.32 Å². The van der Waals surface area contributed by atoms with Crippen molar-refractivity contribution >= 4 is 0 Å². The second-order valence-corrected chi connectivity index (χ2v) is 4.82. The Hall–Kier alpha value is -1.21. The zero-order chi connectivity index (χ0) is 16.0. The summed E-state index contributed by atoms with van der Waals surface area (Å²) in [5, 5.41) is 2.87. The third-order valence-electron chi connectivity index (χ3n) is 3.22. The van der Waals surface area contributed by atoms with E-state index in [4.69, 9.17) is 0 Å². The number of rotatable bonds is 7. The first-order valence-corrected chi connectivity index (χ1v) is 6.67. The van der Waals surface area contributed by atoms with E-state index >= 15 is 0 Å². The molecule has 120 valence electrons. The number of halogens is 5. The van der Waals surface area contributed by atoms with Gasteiger partial charge in [0.1, 0.15) is 11.6 Å². The van der Waals surface area contributed by atoms with E-state index in [1.807, 2.05) is 0 Å². The minimum Gasteiger partial charge on any atom is -0.313 e. The van der Waals surface area contributed by atoms with E-state index < -0.39 is 30.4 Å². The lowest BCUT2D eigenvalue weighted by atomic mass is 10.0. The summed E-state index contributed by atoms with van der Waals surface area (Å²) in [4.78, 5) is 1.25. The first-order chi connectivity index (χ1) is 9.75. The van der Waals surface area contributed by atoms with Gasteiger partial charge in [0.05, 0.1) is 6.54 Å². The molecule has 0 aliphatic rings. The standard InChI is InChI=1S/C14H19F5N2/c1-3-21(9-14(17,18)19)5-4-13(20-2)10-6-11(15)8-12(16)7-10/h6-8,13,20H,3-5,9H2,1-2H3. The highest BCUT2D eigenvalue weighted by atomic mass is 19.4. The number of nitrogens with zero attached hydrogens (tertiary/aromatic N) is 1. The molecule has 0 amide bonds. The fraction of sp³-hybridized carbons (Fsp3) is 0.571. The summed E-state index contributed by atoms with van der Waals surface area (Å²) in [5.74, 6) is -1.40. The van der Waals surface area contributed by atoms with E-state index in [9.17, 15) is 22.0 Å². The second kappa shape index (κ2) is 7.70. The lowest BCUT2D eigenvalue weighted by Gasteiger charge is -2.25. The van der Waals surface area contributed by atoms with Gasteiger partial charge in [-0.2, -0.15) is 13.2 Å². The Morgan fingerprint density at radius 1 is 1.14 bits per heavy atom. The lowest BCUT2D eigenvalue weighted by Crippen LogP contribution is -2.36. The second-order valence-electron chi connectivity index (χ2n) is 4.82. The van der Waals surface area contributed by atoms with Gasteiger partial charge in [0, 0.05) is 18.7 Å². The van der Waals surface area contributed by atoms with Crippen molar-refractivity contribution in [3.05, 3.63) is 35.4 Å². The van der Waals surface area contributed by atoms with E-state index in [0.717, 1.165) is 6.07 Å². The zero-order valence-corrected chi connectivity index (χ0v) is 12.0. The van der Waals surface area contributed by atoms with Crippen LogP contribution in [-0.2, 0) is 0 Å². The average molecular weight is 310 g/mol. The Morgan fingerprint density at radius 3 is 2.14 bits per heavy atom. The number of nitrogens with one attached hydrogen (secondary N) is 1. The first-order valence-electron chi connectivity index (χ1n) is 6.67. The molecule has 1 rings (SSSR count). The summed E-state index contributed by atoms with van der Waals surface area (Å²) >= 11 is 0. The van der Waals surface area contributed by atoms with Crippen LogP contribution in [0.2, 0.25) is 0 Å². The molecule has 7 heteroatoms. The van der Waals surface area contributed by atoms with Crippen molar-refractivity contribution in [1.82, 2.24) is 10.2 Å². The van der Waals surface area contributed by atoms with Gasteiger partial charge in [0.2, 0.25) is 0 Å². The minimum absolute atomic E-state index is 0.180. The maximum absolute atomic E-state index is 13.2. The molecular weight excluding hydrogens is 291 g/mol. The molecule has 0 aliphatic heterocycles. The van der Waals surface area contributed by atoms with Crippen LogP contribution in [0.15, 0.2) is 18.2 Å². The predicted molar refractivity (Wildman–Crippen MR) is 70.9 cm³/mol. The topological polar surface area (TPSA) is 15.3 Å². The van der Waals surface area contributed by atoms with Crippen LogP contribution in [-0.4, -0.2) is 37.8 Å². The molecule has 0 bridgehead atoms. The Bertz CT molecular complexity index is 427. The van der Waals surface area contributed by atoms with Crippen molar-refractivity contribution in [2.24, 2.45) is 0 Å². The van der Waals surface area contributed by atoms with Gasteiger partial charge in [-0.25, -0.2) is 8.78 Å². The molecular formula is C14H19F5N2. The highest BCUT2D eigenvalue weighted by molar-refractivity contribution is 5.21. The highest BCUT2D eigenvalue weighted by Crippen LogP contribution is 2.21. The first kappa shape index (κ1) is 17.8. The van der Waals surface area contributed by atoms with Crippen LogP contribution >= 0.6 is 0 Å². The van der Waals surface area contributed by atoms with Crippen molar-refractivity contribution in [2.45, 2.75) is 25.6 Å². The molecule has 0 saturated heterocycles. The maximum Gasteiger partial charge on any atom is 0.401 e. The van der Waals surface area contributed by atoms with Gasteiger partial charge in [-0.15, -0.1) is 0 Å². The largest absolute Gasteiger partial charge is 0.401 e. The van der Waals surface area contributed by atoms with Crippen molar-refractivity contribution in [2.75, 3.05) is 26.7 Å². The van der Waals surface area contributed by atoms with Crippen LogP contribution in [0.4, 0.5) is 22.0 Å². The van der Waals surface area contributed by atoms with Gasteiger partial charge in [-0.1, -0.05) is 6.92 Å². The van der Waals surface area contributed by atoms with Gasteiger partial charge >= 0.3 is 6.18 Å². The minimum atomic E-state index is -4.25. The molecule has 0 saturated carbocycles. The monoisotopic (exact) mass is 310 g/mol. The van der Waals surface area contributed by atoms with Crippen LogP contribution < -0.4 is 5.32 Å².